The van der Waals surface area contributed by atoms with Crippen molar-refractivity contribution in [3.05, 3.63) is 81.2 Å². The van der Waals surface area contributed by atoms with Gasteiger partial charge in [-0.05, 0) is 18.2 Å². The summed E-state index contributed by atoms with van der Waals surface area (Å²) in [6.45, 7) is 0. The molecule has 0 bridgehead atoms. The van der Waals surface area contributed by atoms with Crippen molar-refractivity contribution in [1.82, 2.24) is 4.98 Å². The van der Waals surface area contributed by atoms with Crippen LogP contribution < -0.4 is 19.8 Å². The maximum absolute atomic E-state index is 13.5. The molecule has 30 heavy (non-hydrogen) atoms. The third-order valence-corrected chi connectivity index (χ3v) is 5.91. The first-order valence-corrected chi connectivity index (χ1v) is 10.0. The lowest BCUT2D eigenvalue weighted by Crippen LogP contribution is -2.29. The Morgan fingerprint density at radius 1 is 1.10 bits per heavy atom. The fourth-order valence-electron chi connectivity index (χ4n) is 3.80. The molecule has 5 rings (SSSR count). The van der Waals surface area contributed by atoms with E-state index in [9.17, 15) is 9.59 Å². The highest BCUT2D eigenvalue weighted by molar-refractivity contribution is 7.13. The number of carbonyl (C=O) groups excluding carboxylic acids is 1. The van der Waals surface area contributed by atoms with Crippen LogP contribution in [0.1, 0.15) is 27.7 Å². The molecule has 1 aliphatic rings. The number of carbonyl (C=O) groups is 1. The molecule has 0 aliphatic carbocycles. The van der Waals surface area contributed by atoms with Crippen LogP contribution >= 0.6 is 11.3 Å². The number of thiazole rings is 1. The van der Waals surface area contributed by atoms with Gasteiger partial charge in [0.15, 0.2) is 10.6 Å². The lowest BCUT2D eigenvalue weighted by atomic mass is 9.98. The first-order chi connectivity index (χ1) is 14.6. The molecule has 150 valence electrons. The van der Waals surface area contributed by atoms with Crippen molar-refractivity contribution in [1.29, 1.82) is 0 Å². The van der Waals surface area contributed by atoms with E-state index in [1.165, 1.54) is 23.3 Å². The summed E-state index contributed by atoms with van der Waals surface area (Å²) in [5.74, 6) is 0.692. The van der Waals surface area contributed by atoms with Gasteiger partial charge in [0.05, 0.1) is 25.2 Å². The summed E-state index contributed by atoms with van der Waals surface area (Å²) in [6, 6.07) is 11.5. The van der Waals surface area contributed by atoms with Gasteiger partial charge in [-0.15, -0.1) is 11.3 Å². The quantitative estimate of drug-likeness (QED) is 0.496. The maximum Gasteiger partial charge on any atom is 0.297 e. The molecule has 2 aromatic carbocycles. The predicted octanol–water partition coefficient (Wildman–Crippen LogP) is 4.02. The van der Waals surface area contributed by atoms with E-state index in [1.54, 1.807) is 43.0 Å². The third kappa shape index (κ3) is 2.61. The van der Waals surface area contributed by atoms with Gasteiger partial charge >= 0.3 is 0 Å². The zero-order valence-electron chi connectivity index (χ0n) is 16.1. The molecule has 0 spiro atoms. The molecule has 7 nitrogen and oxygen atoms in total. The number of rotatable bonds is 4. The smallest absolute Gasteiger partial charge is 0.297 e. The predicted molar refractivity (Wildman–Crippen MR) is 113 cm³/mol. The highest BCUT2D eigenvalue weighted by atomic mass is 32.1. The van der Waals surface area contributed by atoms with Crippen LogP contribution in [0.15, 0.2) is 63.3 Å². The first kappa shape index (κ1) is 18.4. The van der Waals surface area contributed by atoms with Crippen molar-refractivity contribution in [3.8, 4) is 11.5 Å². The number of benzene rings is 2. The SMILES string of the molecule is COc1ccc2c(=O)c3c(oc2c1)C(=O)N(c1nccs1)[C@@H]3c1ccccc1OC. The summed E-state index contributed by atoms with van der Waals surface area (Å²) in [5.41, 5.74) is 0.989. The number of para-hydroxylation sites is 1. The Morgan fingerprint density at radius 3 is 2.67 bits per heavy atom. The van der Waals surface area contributed by atoms with Crippen LogP contribution in [-0.4, -0.2) is 25.1 Å². The Morgan fingerprint density at radius 2 is 1.93 bits per heavy atom. The zero-order valence-corrected chi connectivity index (χ0v) is 16.9. The Bertz CT molecular complexity index is 1330. The van der Waals surface area contributed by atoms with E-state index < -0.39 is 11.9 Å². The van der Waals surface area contributed by atoms with Crippen LogP contribution in [0.25, 0.3) is 11.0 Å². The summed E-state index contributed by atoms with van der Waals surface area (Å²) < 4.78 is 16.7. The summed E-state index contributed by atoms with van der Waals surface area (Å²) in [4.78, 5) is 32.7. The fourth-order valence-corrected chi connectivity index (χ4v) is 4.46. The highest BCUT2D eigenvalue weighted by Gasteiger charge is 2.45. The number of amides is 1. The van der Waals surface area contributed by atoms with E-state index in [-0.39, 0.29) is 16.8 Å². The molecular formula is C22H16N2O5S. The number of anilines is 1. The number of hydrogen-bond acceptors (Lipinski definition) is 7. The molecule has 8 heteroatoms. The van der Waals surface area contributed by atoms with Gasteiger partial charge in [-0.3, -0.25) is 14.5 Å². The van der Waals surface area contributed by atoms with Crippen molar-refractivity contribution in [2.75, 3.05) is 19.1 Å². The van der Waals surface area contributed by atoms with E-state index >= 15 is 0 Å². The lowest BCUT2D eigenvalue weighted by molar-refractivity contribution is 0.0970. The minimum absolute atomic E-state index is 0.00635. The maximum atomic E-state index is 13.5. The van der Waals surface area contributed by atoms with Crippen LogP contribution in [0.4, 0.5) is 5.13 Å². The molecule has 0 unspecified atom stereocenters. The largest absolute Gasteiger partial charge is 0.497 e. The van der Waals surface area contributed by atoms with Crippen LogP contribution in [0.2, 0.25) is 0 Å². The molecule has 1 atom stereocenters. The molecule has 3 heterocycles. The Kier molecular flexibility index (Phi) is 4.29. The van der Waals surface area contributed by atoms with Crippen LogP contribution in [-0.2, 0) is 0 Å². The van der Waals surface area contributed by atoms with E-state index in [4.69, 9.17) is 13.9 Å². The third-order valence-electron chi connectivity index (χ3n) is 5.14. The van der Waals surface area contributed by atoms with Gasteiger partial charge in [0.1, 0.15) is 23.1 Å². The van der Waals surface area contributed by atoms with E-state index in [0.717, 1.165) is 0 Å². The monoisotopic (exact) mass is 420 g/mol. The molecule has 1 aliphatic heterocycles. The molecule has 0 radical (unpaired) electrons. The summed E-state index contributed by atoms with van der Waals surface area (Å²) in [5, 5.41) is 2.63. The van der Waals surface area contributed by atoms with Gasteiger partial charge in [0.2, 0.25) is 5.76 Å². The number of fused-ring (bicyclic) bond motifs is 2. The highest BCUT2D eigenvalue weighted by Crippen LogP contribution is 2.44. The zero-order chi connectivity index (χ0) is 20.8. The summed E-state index contributed by atoms with van der Waals surface area (Å²) in [7, 11) is 3.08. The Labute approximate surface area is 175 Å². The fraction of sp³-hybridized carbons (Fsp3) is 0.136. The second-order valence-electron chi connectivity index (χ2n) is 6.67. The average molecular weight is 420 g/mol. The van der Waals surface area contributed by atoms with Gasteiger partial charge in [-0.25, -0.2) is 4.98 Å². The van der Waals surface area contributed by atoms with Crippen LogP contribution in [0, 0.1) is 0 Å². The van der Waals surface area contributed by atoms with Gasteiger partial charge in [-0.2, -0.15) is 0 Å². The molecule has 0 fully saturated rings. The van der Waals surface area contributed by atoms with Crippen molar-refractivity contribution in [2.24, 2.45) is 0 Å². The number of methoxy groups -OCH3 is 2. The van der Waals surface area contributed by atoms with Gasteiger partial charge in [0.25, 0.3) is 5.91 Å². The Hall–Kier alpha value is -3.65. The number of nitrogens with zero attached hydrogens (tertiary/aromatic N) is 2. The first-order valence-electron chi connectivity index (χ1n) is 9.14. The second-order valence-corrected chi connectivity index (χ2v) is 7.54. The van der Waals surface area contributed by atoms with Gasteiger partial charge in [-0.1, -0.05) is 18.2 Å². The number of aromatic nitrogens is 1. The minimum atomic E-state index is -0.711. The molecule has 2 aromatic heterocycles. The molecule has 0 N–H and O–H groups in total. The van der Waals surface area contributed by atoms with Crippen LogP contribution in [0.5, 0.6) is 11.5 Å². The lowest BCUT2D eigenvalue weighted by Gasteiger charge is -2.24. The second kappa shape index (κ2) is 7.00. The molecular weight excluding hydrogens is 404 g/mol. The standard InChI is InChI=1S/C22H16N2O5S/c1-27-12-7-8-14-16(11-12)29-20-17(19(14)25)18(13-5-3-4-6-15(13)28-2)24(21(20)26)22-23-9-10-30-22/h3-11,18H,1-2H3/t18-/m1/s1. The summed E-state index contributed by atoms with van der Waals surface area (Å²) in [6.07, 6.45) is 1.62. The number of hydrogen-bond donors (Lipinski definition) is 0. The van der Waals surface area contributed by atoms with Crippen molar-refractivity contribution in [2.45, 2.75) is 6.04 Å². The minimum Gasteiger partial charge on any atom is -0.497 e. The number of ether oxygens (including phenoxy) is 2. The van der Waals surface area contributed by atoms with Crippen molar-refractivity contribution < 1.29 is 18.7 Å². The normalized spacial score (nSPS) is 15.5. The summed E-state index contributed by atoms with van der Waals surface area (Å²) >= 11 is 1.31. The van der Waals surface area contributed by atoms with E-state index in [1.807, 2.05) is 18.2 Å². The molecule has 4 aromatic rings. The van der Waals surface area contributed by atoms with Crippen LogP contribution in [0.3, 0.4) is 0 Å². The Balaban J connectivity index is 1.84. The van der Waals surface area contributed by atoms with Gasteiger partial charge in [0, 0.05) is 23.2 Å². The van der Waals surface area contributed by atoms with E-state index in [0.29, 0.717) is 33.2 Å². The molecule has 0 saturated carbocycles. The average Bonchev–Trinajstić information content (AvgIpc) is 3.40. The van der Waals surface area contributed by atoms with Gasteiger partial charge < -0.3 is 13.9 Å². The van der Waals surface area contributed by atoms with Crippen molar-refractivity contribution in [3.63, 3.8) is 0 Å². The topological polar surface area (TPSA) is 81.9 Å². The molecule has 0 saturated heterocycles. The van der Waals surface area contributed by atoms with E-state index in [2.05, 4.69) is 4.98 Å². The molecule has 1 amide bonds. The van der Waals surface area contributed by atoms with Crippen molar-refractivity contribution >= 4 is 33.3 Å².